The quantitative estimate of drug-likeness (QED) is 0.748. The number of rotatable bonds is 1. The molecule has 2 aliphatic rings. The molecule has 1 fully saturated rings. The number of hydrogen-bond acceptors (Lipinski definition) is 5. The van der Waals surface area contributed by atoms with Crippen molar-refractivity contribution < 1.29 is 9.53 Å². The Morgan fingerprint density at radius 1 is 1.40 bits per heavy atom. The highest BCUT2D eigenvalue weighted by Crippen LogP contribution is 2.32. The third-order valence-electron chi connectivity index (χ3n) is 3.12. The highest BCUT2D eigenvalue weighted by atomic mass is 32.2. The number of thiophene rings is 1. The zero-order chi connectivity index (χ0) is 14.1. The van der Waals surface area contributed by atoms with E-state index in [1.54, 1.807) is 11.3 Å². The van der Waals surface area contributed by atoms with Crippen LogP contribution >= 0.6 is 23.1 Å². The van der Waals surface area contributed by atoms with Crippen LogP contribution in [-0.2, 0) is 9.53 Å². The second-order valence-corrected chi connectivity index (χ2v) is 6.98. The Morgan fingerprint density at radius 2 is 2.15 bits per heavy atom. The van der Waals surface area contributed by atoms with Crippen LogP contribution < -0.4 is 0 Å². The summed E-state index contributed by atoms with van der Waals surface area (Å²) in [6, 6.07) is 3.98. The first-order valence-electron chi connectivity index (χ1n) is 6.58. The number of nitrogens with zero attached hydrogens (tertiary/aromatic N) is 2. The van der Waals surface area contributed by atoms with E-state index in [1.165, 1.54) is 11.8 Å². The molecule has 0 unspecified atom stereocenters. The van der Waals surface area contributed by atoms with E-state index < -0.39 is 0 Å². The number of morpholine rings is 1. The Labute approximate surface area is 126 Å². The smallest absolute Gasteiger partial charge is 0.286 e. The fourth-order valence-electron chi connectivity index (χ4n) is 2.37. The van der Waals surface area contributed by atoms with Crippen LogP contribution in [0.25, 0.3) is 6.08 Å². The summed E-state index contributed by atoms with van der Waals surface area (Å²) in [5.41, 5.74) is 0. The molecule has 0 radical (unpaired) electrons. The molecule has 3 rings (SSSR count). The van der Waals surface area contributed by atoms with Crippen LogP contribution in [0.2, 0.25) is 0 Å². The molecule has 0 saturated carbocycles. The molecule has 0 N–H and O–H groups in total. The Balaban J connectivity index is 1.74. The molecular formula is C14H16N2O2S2. The van der Waals surface area contributed by atoms with Gasteiger partial charge in [0.1, 0.15) is 0 Å². The highest BCUT2D eigenvalue weighted by Gasteiger charge is 2.30. The molecule has 2 aliphatic heterocycles. The maximum atomic E-state index is 12.0. The summed E-state index contributed by atoms with van der Waals surface area (Å²) in [5.74, 6) is -0.134. The maximum absolute atomic E-state index is 12.0. The lowest BCUT2D eigenvalue weighted by Gasteiger charge is -2.35. The van der Waals surface area contributed by atoms with Crippen LogP contribution in [0.3, 0.4) is 0 Å². The summed E-state index contributed by atoms with van der Waals surface area (Å²) in [6.45, 7) is 5.67. The Hall–Kier alpha value is -1.11. The van der Waals surface area contributed by atoms with Crippen LogP contribution in [0.5, 0.6) is 0 Å². The lowest BCUT2D eigenvalue weighted by atomic mass is 10.2. The second kappa shape index (κ2) is 5.71. The molecular weight excluding hydrogens is 292 g/mol. The van der Waals surface area contributed by atoms with Crippen molar-refractivity contribution >= 4 is 40.2 Å². The van der Waals surface area contributed by atoms with E-state index in [9.17, 15) is 4.79 Å². The third kappa shape index (κ3) is 2.97. The first-order valence-corrected chi connectivity index (χ1v) is 8.28. The standard InChI is InChI=1S/C14H16N2O2S2/c1-9-7-16(8-10(2)18-9)14-15-13(17)12(20-14)6-11-4-3-5-19-11/h3-6,9-10H,7-8H2,1-2H3/b12-6-/t9-,10+. The number of ether oxygens (including phenoxy) is 1. The number of hydrogen-bond donors (Lipinski definition) is 0. The topological polar surface area (TPSA) is 41.9 Å². The molecule has 1 aromatic rings. The van der Waals surface area contributed by atoms with Gasteiger partial charge in [0.25, 0.3) is 5.91 Å². The largest absolute Gasteiger partial charge is 0.372 e. The highest BCUT2D eigenvalue weighted by molar-refractivity contribution is 8.18. The number of aliphatic imine (C=N–C) groups is 1. The van der Waals surface area contributed by atoms with Crippen molar-refractivity contribution in [2.75, 3.05) is 13.1 Å². The summed E-state index contributed by atoms with van der Waals surface area (Å²) >= 11 is 3.09. The molecule has 106 valence electrons. The second-order valence-electron chi connectivity index (χ2n) is 4.99. The van der Waals surface area contributed by atoms with Crippen molar-refractivity contribution in [3.63, 3.8) is 0 Å². The lowest BCUT2D eigenvalue weighted by molar-refractivity contribution is -0.113. The van der Waals surface area contributed by atoms with Gasteiger partial charge in [0, 0.05) is 18.0 Å². The summed E-state index contributed by atoms with van der Waals surface area (Å²) < 4.78 is 5.71. The molecule has 20 heavy (non-hydrogen) atoms. The Kier molecular flexibility index (Phi) is 3.96. The van der Waals surface area contributed by atoms with Crippen molar-refractivity contribution in [3.05, 3.63) is 27.3 Å². The minimum absolute atomic E-state index is 0.134. The lowest BCUT2D eigenvalue weighted by Crippen LogP contribution is -2.47. The van der Waals surface area contributed by atoms with Crippen LogP contribution in [0.1, 0.15) is 18.7 Å². The van der Waals surface area contributed by atoms with Gasteiger partial charge in [0.15, 0.2) is 5.17 Å². The van der Waals surface area contributed by atoms with E-state index in [1.807, 2.05) is 37.4 Å². The van der Waals surface area contributed by atoms with Crippen molar-refractivity contribution in [2.45, 2.75) is 26.1 Å². The zero-order valence-corrected chi connectivity index (χ0v) is 13.0. The minimum atomic E-state index is -0.134. The van der Waals surface area contributed by atoms with Crippen LogP contribution in [-0.4, -0.2) is 41.3 Å². The van der Waals surface area contributed by atoms with Gasteiger partial charge in [-0.25, -0.2) is 0 Å². The summed E-state index contributed by atoms with van der Waals surface area (Å²) in [5, 5.41) is 2.81. The maximum Gasteiger partial charge on any atom is 0.286 e. The van der Waals surface area contributed by atoms with Crippen molar-refractivity contribution in [3.8, 4) is 0 Å². The molecule has 6 heteroatoms. The van der Waals surface area contributed by atoms with Crippen molar-refractivity contribution in [2.24, 2.45) is 4.99 Å². The SMILES string of the molecule is C[C@@H]1CN(C2=NC(=O)/C(=C/c3cccs3)S2)C[C@H](C)O1. The number of amides is 1. The van der Waals surface area contributed by atoms with E-state index in [0.717, 1.165) is 23.1 Å². The number of thioether (sulfide) groups is 1. The summed E-state index contributed by atoms with van der Waals surface area (Å²) in [4.78, 5) is 20.1. The molecule has 0 aliphatic carbocycles. The predicted molar refractivity (Wildman–Crippen MR) is 83.9 cm³/mol. The normalized spacial score (nSPS) is 29.1. The van der Waals surface area contributed by atoms with Gasteiger partial charge < -0.3 is 9.64 Å². The van der Waals surface area contributed by atoms with Crippen LogP contribution in [0.4, 0.5) is 0 Å². The third-order valence-corrected chi connectivity index (χ3v) is 4.98. The van der Waals surface area contributed by atoms with Gasteiger partial charge in [-0.3, -0.25) is 4.79 Å². The van der Waals surface area contributed by atoms with E-state index in [2.05, 4.69) is 9.89 Å². The van der Waals surface area contributed by atoms with E-state index in [-0.39, 0.29) is 18.1 Å². The summed E-state index contributed by atoms with van der Waals surface area (Å²) in [6.07, 6.45) is 2.26. The van der Waals surface area contributed by atoms with Gasteiger partial charge in [-0.1, -0.05) is 6.07 Å². The molecule has 1 amide bonds. The molecule has 4 nitrogen and oxygen atoms in total. The van der Waals surface area contributed by atoms with Gasteiger partial charge in [-0.05, 0) is 43.1 Å². The minimum Gasteiger partial charge on any atom is -0.372 e. The van der Waals surface area contributed by atoms with Gasteiger partial charge in [-0.2, -0.15) is 4.99 Å². The number of amidine groups is 1. The first-order chi connectivity index (χ1) is 9.61. The fourth-order valence-corrected chi connectivity index (χ4v) is 4.02. The van der Waals surface area contributed by atoms with Gasteiger partial charge >= 0.3 is 0 Å². The van der Waals surface area contributed by atoms with E-state index >= 15 is 0 Å². The van der Waals surface area contributed by atoms with Crippen molar-refractivity contribution in [1.82, 2.24) is 4.90 Å². The van der Waals surface area contributed by atoms with Crippen LogP contribution in [0, 0.1) is 0 Å². The molecule has 0 aromatic carbocycles. The van der Waals surface area contributed by atoms with Gasteiger partial charge in [-0.15, -0.1) is 11.3 Å². The molecule has 0 bridgehead atoms. The Bertz CT molecular complexity index is 556. The zero-order valence-electron chi connectivity index (χ0n) is 11.4. The van der Waals surface area contributed by atoms with Crippen LogP contribution in [0.15, 0.2) is 27.4 Å². The molecule has 0 spiro atoms. The van der Waals surface area contributed by atoms with E-state index in [0.29, 0.717) is 4.91 Å². The van der Waals surface area contributed by atoms with Crippen molar-refractivity contribution in [1.29, 1.82) is 0 Å². The molecule has 1 aromatic heterocycles. The molecule has 3 heterocycles. The fraction of sp³-hybridized carbons (Fsp3) is 0.429. The van der Waals surface area contributed by atoms with E-state index in [4.69, 9.17) is 4.74 Å². The van der Waals surface area contributed by atoms with Gasteiger partial charge in [0.05, 0.1) is 17.1 Å². The Morgan fingerprint density at radius 3 is 2.80 bits per heavy atom. The van der Waals surface area contributed by atoms with Gasteiger partial charge in [0.2, 0.25) is 0 Å². The summed E-state index contributed by atoms with van der Waals surface area (Å²) in [7, 11) is 0. The number of carbonyl (C=O) groups excluding carboxylic acids is 1. The average Bonchev–Trinajstić information content (AvgIpc) is 3.00. The first kappa shape index (κ1) is 13.9. The molecule has 1 saturated heterocycles. The number of carbonyl (C=O) groups is 1. The monoisotopic (exact) mass is 308 g/mol. The molecule has 2 atom stereocenters. The predicted octanol–water partition coefficient (Wildman–Crippen LogP) is 2.83. The average molecular weight is 308 g/mol.